The molecule has 3 heterocycles. The minimum atomic E-state index is -1.10. The number of hydrogen-bond acceptors (Lipinski definition) is 9. The lowest BCUT2D eigenvalue weighted by Gasteiger charge is -2.35. The number of ether oxygens (including phenoxy) is 3. The maximum absolute atomic E-state index is 12.5. The van der Waals surface area contributed by atoms with Gasteiger partial charge in [0.15, 0.2) is 5.75 Å². The molecule has 9 nitrogen and oxygen atoms in total. The molecule has 37 heavy (non-hydrogen) atoms. The summed E-state index contributed by atoms with van der Waals surface area (Å²) in [6, 6.07) is 12.8. The number of pyridine rings is 1. The van der Waals surface area contributed by atoms with Gasteiger partial charge < -0.3 is 29.1 Å². The molecule has 1 aromatic heterocycles. The number of esters is 2. The minimum Gasteiger partial charge on any atom is -0.491 e. The standard InChI is InChI=1S/C28H29N3O6/c1-3-20(18-7-5-8-19(17-18)35-16-15-32)24-25-23-21(9-6-10-22(23)36-27(33)28(34)37-25)26(29-24)31-13-11-30(4-2)12-14-31/h3,5-10,17,32H,4,11-16H2,1-2H3/b20-3+. The summed E-state index contributed by atoms with van der Waals surface area (Å²) in [6.07, 6.45) is 1.89. The Kier molecular flexibility index (Phi) is 7.07. The lowest BCUT2D eigenvalue weighted by atomic mass is 9.98. The molecule has 2 aliphatic rings. The van der Waals surface area contributed by atoms with Crippen molar-refractivity contribution in [1.29, 1.82) is 0 Å². The quantitative estimate of drug-likeness (QED) is 0.296. The molecule has 192 valence electrons. The zero-order chi connectivity index (χ0) is 25.9. The molecular formula is C28H29N3O6. The van der Waals surface area contributed by atoms with Crippen LogP contribution in [0.1, 0.15) is 25.1 Å². The van der Waals surface area contributed by atoms with Gasteiger partial charge in [0.1, 0.15) is 29.6 Å². The van der Waals surface area contributed by atoms with Crippen LogP contribution in [0.25, 0.3) is 16.3 Å². The number of allylic oxidation sites excluding steroid dienone is 1. The van der Waals surface area contributed by atoms with E-state index in [0.717, 1.165) is 49.5 Å². The van der Waals surface area contributed by atoms with Gasteiger partial charge in [-0.15, -0.1) is 0 Å². The third kappa shape index (κ3) is 4.75. The summed E-state index contributed by atoms with van der Waals surface area (Å²) in [6.45, 7) is 8.46. The van der Waals surface area contributed by atoms with E-state index in [9.17, 15) is 9.59 Å². The summed E-state index contributed by atoms with van der Waals surface area (Å²) in [5.74, 6) is -0.394. The van der Waals surface area contributed by atoms with Crippen molar-refractivity contribution in [3.63, 3.8) is 0 Å². The number of carbonyl (C=O) groups is 2. The van der Waals surface area contributed by atoms with Gasteiger partial charge in [0, 0.05) is 37.1 Å². The summed E-state index contributed by atoms with van der Waals surface area (Å²) < 4.78 is 16.7. The topological polar surface area (TPSA) is 101 Å². The lowest BCUT2D eigenvalue weighted by Crippen LogP contribution is -2.46. The zero-order valence-electron chi connectivity index (χ0n) is 20.9. The van der Waals surface area contributed by atoms with Crippen LogP contribution in [0.3, 0.4) is 0 Å². The lowest BCUT2D eigenvalue weighted by molar-refractivity contribution is -0.155. The fourth-order valence-electron chi connectivity index (χ4n) is 4.80. The van der Waals surface area contributed by atoms with Crippen molar-refractivity contribution < 1.29 is 28.9 Å². The largest absolute Gasteiger partial charge is 0.491 e. The first kappa shape index (κ1) is 24.7. The van der Waals surface area contributed by atoms with Crippen LogP contribution < -0.4 is 19.1 Å². The number of rotatable bonds is 7. The molecule has 5 rings (SSSR count). The Morgan fingerprint density at radius 2 is 1.84 bits per heavy atom. The van der Waals surface area contributed by atoms with Crippen LogP contribution in [-0.4, -0.2) is 72.9 Å². The molecule has 0 radical (unpaired) electrons. The Morgan fingerprint density at radius 1 is 1.08 bits per heavy atom. The molecule has 0 atom stereocenters. The number of anilines is 1. The zero-order valence-corrected chi connectivity index (χ0v) is 20.9. The van der Waals surface area contributed by atoms with Gasteiger partial charge in [-0.25, -0.2) is 14.6 Å². The highest BCUT2D eigenvalue weighted by atomic mass is 16.6. The molecule has 1 saturated heterocycles. The Balaban J connectivity index is 1.71. The SMILES string of the molecule is C/C=C(\c1cccc(OCCO)c1)c1nc(N2CCN(CC)CC2)c2cccc3c2c1OC(=O)C(=O)O3. The minimum absolute atomic E-state index is 0.0987. The van der Waals surface area contributed by atoms with Crippen molar-refractivity contribution in [1.82, 2.24) is 9.88 Å². The third-order valence-corrected chi connectivity index (χ3v) is 6.66. The van der Waals surface area contributed by atoms with Crippen molar-refractivity contribution in [3.8, 4) is 17.2 Å². The summed E-state index contributed by atoms with van der Waals surface area (Å²) >= 11 is 0. The van der Waals surface area contributed by atoms with E-state index in [1.54, 1.807) is 18.2 Å². The first-order valence-electron chi connectivity index (χ1n) is 12.4. The molecule has 0 spiro atoms. The highest BCUT2D eigenvalue weighted by molar-refractivity contribution is 6.32. The average Bonchev–Trinajstić information content (AvgIpc) is 3.05. The molecule has 1 N–H and O–H groups in total. The van der Waals surface area contributed by atoms with Crippen LogP contribution in [0.4, 0.5) is 5.82 Å². The van der Waals surface area contributed by atoms with E-state index in [1.807, 2.05) is 37.3 Å². The fourth-order valence-corrected chi connectivity index (χ4v) is 4.80. The van der Waals surface area contributed by atoms with E-state index >= 15 is 0 Å². The van der Waals surface area contributed by atoms with Gasteiger partial charge in [-0.05, 0) is 37.2 Å². The van der Waals surface area contributed by atoms with Gasteiger partial charge in [0.05, 0.1) is 12.0 Å². The van der Waals surface area contributed by atoms with Gasteiger partial charge in [-0.3, -0.25) is 0 Å². The van der Waals surface area contributed by atoms with Crippen molar-refractivity contribution >= 4 is 34.1 Å². The van der Waals surface area contributed by atoms with Crippen LogP contribution in [0.15, 0.2) is 48.5 Å². The van der Waals surface area contributed by atoms with Crippen LogP contribution in [0, 0.1) is 0 Å². The van der Waals surface area contributed by atoms with Crippen LogP contribution >= 0.6 is 0 Å². The molecule has 0 aliphatic carbocycles. The van der Waals surface area contributed by atoms with Crippen LogP contribution in [-0.2, 0) is 9.59 Å². The molecule has 0 bridgehead atoms. The molecule has 9 heteroatoms. The van der Waals surface area contributed by atoms with Crippen molar-refractivity contribution in [2.45, 2.75) is 13.8 Å². The van der Waals surface area contributed by atoms with Crippen molar-refractivity contribution in [2.75, 3.05) is 50.8 Å². The maximum atomic E-state index is 12.5. The second kappa shape index (κ2) is 10.6. The maximum Gasteiger partial charge on any atom is 0.423 e. The Labute approximate surface area is 214 Å². The van der Waals surface area contributed by atoms with Crippen molar-refractivity contribution in [2.24, 2.45) is 0 Å². The molecule has 0 amide bonds. The van der Waals surface area contributed by atoms with E-state index in [-0.39, 0.29) is 24.7 Å². The van der Waals surface area contributed by atoms with E-state index in [0.29, 0.717) is 22.4 Å². The predicted molar refractivity (Wildman–Crippen MR) is 139 cm³/mol. The summed E-state index contributed by atoms with van der Waals surface area (Å²) in [5, 5.41) is 10.4. The van der Waals surface area contributed by atoms with E-state index in [2.05, 4.69) is 16.7 Å². The second-order valence-electron chi connectivity index (χ2n) is 8.79. The number of aliphatic hydroxyl groups is 1. The highest BCUT2D eigenvalue weighted by Crippen LogP contribution is 2.45. The molecule has 2 aliphatic heterocycles. The molecule has 2 aromatic carbocycles. The second-order valence-corrected chi connectivity index (χ2v) is 8.79. The number of carbonyl (C=O) groups excluding carboxylic acids is 2. The first-order chi connectivity index (χ1) is 18.0. The Bertz CT molecular complexity index is 1380. The van der Waals surface area contributed by atoms with Gasteiger partial charge >= 0.3 is 11.9 Å². The van der Waals surface area contributed by atoms with Gasteiger partial charge in [0.25, 0.3) is 0 Å². The molecule has 1 fully saturated rings. The number of aromatic nitrogens is 1. The summed E-state index contributed by atoms with van der Waals surface area (Å²) in [7, 11) is 0. The molecule has 0 unspecified atom stereocenters. The normalized spacial score (nSPS) is 16.4. The van der Waals surface area contributed by atoms with Crippen LogP contribution in [0.2, 0.25) is 0 Å². The Hall–Kier alpha value is -3.95. The van der Waals surface area contributed by atoms with Gasteiger partial charge in [-0.2, -0.15) is 0 Å². The predicted octanol–water partition coefficient (Wildman–Crippen LogP) is 3.02. The molecule has 0 saturated carbocycles. The number of nitrogens with zero attached hydrogens (tertiary/aromatic N) is 3. The van der Waals surface area contributed by atoms with E-state index in [1.165, 1.54) is 0 Å². The Morgan fingerprint density at radius 3 is 2.57 bits per heavy atom. The summed E-state index contributed by atoms with van der Waals surface area (Å²) in [5.41, 5.74) is 1.92. The monoisotopic (exact) mass is 503 g/mol. The van der Waals surface area contributed by atoms with Crippen molar-refractivity contribution in [3.05, 3.63) is 59.8 Å². The fraction of sp³-hybridized carbons (Fsp3) is 0.321. The van der Waals surface area contributed by atoms with E-state index in [4.69, 9.17) is 24.3 Å². The number of hydrogen-bond donors (Lipinski definition) is 1. The van der Waals surface area contributed by atoms with Crippen LogP contribution in [0.5, 0.6) is 17.2 Å². The summed E-state index contributed by atoms with van der Waals surface area (Å²) in [4.78, 5) is 34.6. The number of benzene rings is 2. The third-order valence-electron chi connectivity index (χ3n) is 6.66. The molecular weight excluding hydrogens is 474 g/mol. The average molecular weight is 504 g/mol. The van der Waals surface area contributed by atoms with Gasteiger partial charge in [-0.1, -0.05) is 37.3 Å². The van der Waals surface area contributed by atoms with Gasteiger partial charge in [0.2, 0.25) is 0 Å². The molecule has 3 aromatic rings. The number of aliphatic hydroxyl groups excluding tert-OH is 1. The van der Waals surface area contributed by atoms with E-state index < -0.39 is 11.9 Å². The number of likely N-dealkylation sites (N-methyl/N-ethyl adjacent to an activating group) is 1. The smallest absolute Gasteiger partial charge is 0.423 e. The first-order valence-corrected chi connectivity index (χ1v) is 12.4. The number of piperazine rings is 1. The highest BCUT2D eigenvalue weighted by Gasteiger charge is 2.33.